The van der Waals surface area contributed by atoms with Crippen LogP contribution in [0.3, 0.4) is 0 Å². The lowest BCUT2D eigenvalue weighted by Crippen LogP contribution is -2.39. The SMILES string of the molecule is NC(=O)C1CCN(c2ncccc2CNC(=O)c2cc(-c3ccc(F)cc3)nc3ccccc23)CC1. The van der Waals surface area contributed by atoms with E-state index in [0.717, 1.165) is 22.3 Å². The molecule has 8 heteroatoms. The quantitative estimate of drug-likeness (QED) is 0.431. The van der Waals surface area contributed by atoms with Crippen molar-refractivity contribution >= 4 is 28.5 Å². The van der Waals surface area contributed by atoms with Gasteiger partial charge in [0.05, 0.1) is 16.8 Å². The molecule has 2 amide bonds. The fourth-order valence-corrected chi connectivity index (χ4v) is 4.63. The number of nitrogens with zero attached hydrogens (tertiary/aromatic N) is 3. The first-order valence-corrected chi connectivity index (χ1v) is 11.9. The number of piperidine rings is 1. The predicted octanol–water partition coefficient (Wildman–Crippen LogP) is 4.07. The van der Waals surface area contributed by atoms with Gasteiger partial charge in [-0.1, -0.05) is 24.3 Å². The Morgan fingerprint density at radius 2 is 1.78 bits per heavy atom. The molecule has 0 atom stereocenters. The van der Waals surface area contributed by atoms with Crippen LogP contribution in [-0.2, 0) is 11.3 Å². The summed E-state index contributed by atoms with van der Waals surface area (Å²) in [6, 6.07) is 19.0. The number of primary amides is 1. The molecule has 5 rings (SSSR count). The van der Waals surface area contributed by atoms with Crippen molar-refractivity contribution < 1.29 is 14.0 Å². The van der Waals surface area contributed by atoms with Crippen molar-refractivity contribution in [1.29, 1.82) is 0 Å². The van der Waals surface area contributed by atoms with E-state index in [2.05, 4.69) is 20.2 Å². The molecule has 0 spiro atoms. The van der Waals surface area contributed by atoms with E-state index in [1.165, 1.54) is 12.1 Å². The number of benzene rings is 2. The molecule has 2 aromatic heterocycles. The number of halogens is 1. The maximum atomic E-state index is 13.4. The van der Waals surface area contributed by atoms with Crippen LogP contribution in [0, 0.1) is 11.7 Å². The van der Waals surface area contributed by atoms with E-state index in [1.54, 1.807) is 24.4 Å². The first-order valence-electron chi connectivity index (χ1n) is 11.9. The van der Waals surface area contributed by atoms with Gasteiger partial charge < -0.3 is 16.0 Å². The third kappa shape index (κ3) is 4.88. The lowest BCUT2D eigenvalue weighted by Gasteiger charge is -2.32. The van der Waals surface area contributed by atoms with Crippen molar-refractivity contribution in [3.63, 3.8) is 0 Å². The minimum atomic E-state index is -0.330. The van der Waals surface area contributed by atoms with Crippen LogP contribution >= 0.6 is 0 Å². The fraction of sp³-hybridized carbons (Fsp3) is 0.214. The topological polar surface area (TPSA) is 101 Å². The summed E-state index contributed by atoms with van der Waals surface area (Å²) in [5.74, 6) is -0.133. The molecule has 36 heavy (non-hydrogen) atoms. The molecular weight excluding hydrogens is 457 g/mol. The molecule has 4 aromatic rings. The highest BCUT2D eigenvalue weighted by Gasteiger charge is 2.25. The highest BCUT2D eigenvalue weighted by molar-refractivity contribution is 6.07. The Hall–Kier alpha value is -4.33. The van der Waals surface area contributed by atoms with Gasteiger partial charge in [0.1, 0.15) is 11.6 Å². The van der Waals surface area contributed by atoms with Gasteiger partial charge in [-0.15, -0.1) is 0 Å². The monoisotopic (exact) mass is 483 g/mol. The van der Waals surface area contributed by atoms with Crippen molar-refractivity contribution in [3.8, 4) is 11.3 Å². The second-order valence-electron chi connectivity index (χ2n) is 8.91. The van der Waals surface area contributed by atoms with Crippen LogP contribution in [0.5, 0.6) is 0 Å². The first kappa shape index (κ1) is 23.4. The third-order valence-corrected chi connectivity index (χ3v) is 6.60. The number of rotatable bonds is 6. The number of para-hydroxylation sites is 1. The lowest BCUT2D eigenvalue weighted by atomic mass is 9.96. The Morgan fingerprint density at radius 1 is 1.03 bits per heavy atom. The number of nitrogens with one attached hydrogen (secondary N) is 1. The number of hydrogen-bond donors (Lipinski definition) is 2. The molecule has 2 aromatic carbocycles. The van der Waals surface area contributed by atoms with E-state index < -0.39 is 0 Å². The molecule has 0 radical (unpaired) electrons. The molecule has 7 nitrogen and oxygen atoms in total. The molecule has 1 aliphatic rings. The standard InChI is InChI=1S/C28H26FN5O2/c29-21-9-7-18(8-10-21)25-16-23(22-5-1-2-6-24(22)33-25)28(36)32-17-20-4-3-13-31-27(20)34-14-11-19(12-15-34)26(30)35/h1-10,13,16,19H,11-12,14-15,17H2,(H2,30,35)(H,32,36). The average Bonchev–Trinajstić information content (AvgIpc) is 2.91. The molecule has 1 fully saturated rings. The molecule has 182 valence electrons. The van der Waals surface area contributed by atoms with E-state index >= 15 is 0 Å². The average molecular weight is 484 g/mol. The first-order chi connectivity index (χ1) is 17.5. The number of anilines is 1. The van der Waals surface area contributed by atoms with Gasteiger partial charge in [0, 0.05) is 48.3 Å². The molecule has 0 bridgehead atoms. The van der Waals surface area contributed by atoms with Crippen molar-refractivity contribution in [2.75, 3.05) is 18.0 Å². The summed E-state index contributed by atoms with van der Waals surface area (Å²) >= 11 is 0. The zero-order valence-corrected chi connectivity index (χ0v) is 19.7. The van der Waals surface area contributed by atoms with Crippen LogP contribution in [0.2, 0.25) is 0 Å². The van der Waals surface area contributed by atoms with Gasteiger partial charge in [-0.2, -0.15) is 0 Å². The van der Waals surface area contributed by atoms with Crippen molar-refractivity contribution in [3.05, 3.63) is 89.9 Å². The largest absolute Gasteiger partial charge is 0.369 e. The zero-order chi connectivity index (χ0) is 25.1. The van der Waals surface area contributed by atoms with Gasteiger partial charge in [0.2, 0.25) is 5.91 Å². The lowest BCUT2D eigenvalue weighted by molar-refractivity contribution is -0.122. The van der Waals surface area contributed by atoms with Crippen LogP contribution in [0.25, 0.3) is 22.2 Å². The van der Waals surface area contributed by atoms with E-state index in [0.29, 0.717) is 49.2 Å². The Kier molecular flexibility index (Phi) is 6.58. The van der Waals surface area contributed by atoms with E-state index in [9.17, 15) is 14.0 Å². The summed E-state index contributed by atoms with van der Waals surface area (Å²) in [6.45, 7) is 1.66. The molecule has 1 aliphatic heterocycles. The highest BCUT2D eigenvalue weighted by Crippen LogP contribution is 2.27. The van der Waals surface area contributed by atoms with Crippen LogP contribution in [0.15, 0.2) is 72.9 Å². The third-order valence-electron chi connectivity index (χ3n) is 6.60. The number of fused-ring (bicyclic) bond motifs is 1. The number of carbonyl (C=O) groups excluding carboxylic acids is 2. The summed E-state index contributed by atoms with van der Waals surface area (Å²) in [5, 5.41) is 3.77. The van der Waals surface area contributed by atoms with Gasteiger partial charge in [-0.05, 0) is 55.3 Å². The Morgan fingerprint density at radius 3 is 2.53 bits per heavy atom. The predicted molar refractivity (Wildman–Crippen MR) is 137 cm³/mol. The van der Waals surface area contributed by atoms with Crippen LogP contribution < -0.4 is 16.0 Å². The molecule has 0 saturated carbocycles. The Bertz CT molecular complexity index is 1420. The minimum absolute atomic E-state index is 0.108. The highest BCUT2D eigenvalue weighted by atomic mass is 19.1. The molecule has 3 heterocycles. The normalized spacial score (nSPS) is 14.1. The number of nitrogens with two attached hydrogens (primary N) is 1. The summed E-state index contributed by atoms with van der Waals surface area (Å²) < 4.78 is 13.4. The Labute approximate surface area is 208 Å². The Balaban J connectivity index is 1.38. The van der Waals surface area contributed by atoms with Crippen LogP contribution in [-0.4, -0.2) is 34.9 Å². The molecule has 1 saturated heterocycles. The van der Waals surface area contributed by atoms with Crippen LogP contribution in [0.4, 0.5) is 10.2 Å². The second-order valence-corrected chi connectivity index (χ2v) is 8.91. The van der Waals surface area contributed by atoms with Crippen molar-refractivity contribution in [2.45, 2.75) is 19.4 Å². The summed E-state index contributed by atoms with van der Waals surface area (Å²) in [5.41, 5.74) is 8.86. The van der Waals surface area contributed by atoms with Crippen molar-refractivity contribution in [1.82, 2.24) is 15.3 Å². The molecule has 3 N–H and O–H groups in total. The number of aromatic nitrogens is 2. The maximum absolute atomic E-state index is 13.4. The molecular formula is C28H26FN5O2. The number of hydrogen-bond acceptors (Lipinski definition) is 5. The zero-order valence-electron chi connectivity index (χ0n) is 19.7. The van der Waals surface area contributed by atoms with Gasteiger partial charge in [-0.25, -0.2) is 14.4 Å². The summed E-state index contributed by atoms with van der Waals surface area (Å²) in [4.78, 5) is 36.3. The second kappa shape index (κ2) is 10.1. The van der Waals surface area contributed by atoms with E-state index in [1.807, 2.05) is 36.4 Å². The number of carbonyl (C=O) groups is 2. The summed E-state index contributed by atoms with van der Waals surface area (Å²) in [7, 11) is 0. The van der Waals surface area contributed by atoms with Crippen molar-refractivity contribution in [2.24, 2.45) is 11.7 Å². The maximum Gasteiger partial charge on any atom is 0.252 e. The van der Waals surface area contributed by atoms with Gasteiger partial charge in [0.25, 0.3) is 5.91 Å². The smallest absolute Gasteiger partial charge is 0.252 e. The molecule has 0 aliphatic carbocycles. The van der Waals surface area contributed by atoms with Gasteiger partial charge >= 0.3 is 0 Å². The fourth-order valence-electron chi connectivity index (χ4n) is 4.63. The van der Waals surface area contributed by atoms with Crippen LogP contribution in [0.1, 0.15) is 28.8 Å². The van der Waals surface area contributed by atoms with Gasteiger partial charge in [-0.3, -0.25) is 9.59 Å². The number of pyridine rings is 2. The molecule has 0 unspecified atom stereocenters. The summed E-state index contributed by atoms with van der Waals surface area (Å²) in [6.07, 6.45) is 3.10. The van der Waals surface area contributed by atoms with E-state index in [4.69, 9.17) is 5.73 Å². The van der Waals surface area contributed by atoms with Gasteiger partial charge in [0.15, 0.2) is 0 Å². The minimum Gasteiger partial charge on any atom is -0.369 e. The number of amides is 2. The van der Waals surface area contributed by atoms with E-state index in [-0.39, 0.29) is 23.5 Å².